The number of aromatic amines is 1. The molecule has 0 amide bonds. The number of rotatable bonds is 2. The third-order valence-electron chi connectivity index (χ3n) is 3.15. The zero-order valence-corrected chi connectivity index (χ0v) is 13.8. The van der Waals surface area contributed by atoms with Crippen molar-refractivity contribution < 1.29 is 5.11 Å². The van der Waals surface area contributed by atoms with Crippen LogP contribution in [0.4, 0.5) is 0 Å². The lowest BCUT2D eigenvalue weighted by Crippen LogP contribution is -2.32. The van der Waals surface area contributed by atoms with Crippen LogP contribution < -0.4 is 11.2 Å². The fourth-order valence-corrected chi connectivity index (χ4v) is 2.90. The van der Waals surface area contributed by atoms with Crippen LogP contribution in [0, 0.1) is 0 Å². The Labute approximate surface area is 142 Å². The first-order chi connectivity index (χ1) is 11.0. The van der Waals surface area contributed by atoms with Crippen LogP contribution in [0.2, 0.25) is 5.02 Å². The minimum atomic E-state index is -0.675. The molecule has 0 bridgehead atoms. The summed E-state index contributed by atoms with van der Waals surface area (Å²) in [6.07, 6.45) is 1.19. The molecule has 3 rings (SSSR count). The highest BCUT2D eigenvalue weighted by Crippen LogP contribution is 2.30. The van der Waals surface area contributed by atoms with Crippen LogP contribution in [0.15, 0.2) is 55.6 Å². The van der Waals surface area contributed by atoms with Crippen LogP contribution in [-0.4, -0.2) is 21.0 Å². The first-order valence-corrected chi connectivity index (χ1v) is 7.61. The van der Waals surface area contributed by atoms with Crippen molar-refractivity contribution in [3.05, 3.63) is 72.3 Å². The van der Waals surface area contributed by atoms with E-state index in [-0.39, 0.29) is 11.3 Å². The molecule has 23 heavy (non-hydrogen) atoms. The number of halogens is 2. The van der Waals surface area contributed by atoms with Gasteiger partial charge in [0.15, 0.2) is 0 Å². The SMILES string of the molecule is O=c1[nH]c2ccccc2c(=O)n1/N=C/c1cc(Cl)cc(Br)c1O. The molecule has 3 aromatic rings. The van der Waals surface area contributed by atoms with Gasteiger partial charge in [-0.2, -0.15) is 5.10 Å². The maximum atomic E-state index is 12.3. The number of fused-ring (bicyclic) bond motifs is 1. The number of para-hydroxylation sites is 1. The van der Waals surface area contributed by atoms with Gasteiger partial charge in [-0.3, -0.25) is 4.79 Å². The number of nitrogens with one attached hydrogen (secondary N) is 1. The molecule has 0 unspecified atom stereocenters. The Bertz CT molecular complexity index is 1060. The van der Waals surface area contributed by atoms with Gasteiger partial charge < -0.3 is 10.1 Å². The second-order valence-corrected chi connectivity index (χ2v) is 5.95. The van der Waals surface area contributed by atoms with E-state index in [1.807, 2.05) is 0 Å². The largest absolute Gasteiger partial charge is 0.506 e. The second kappa shape index (κ2) is 6.02. The van der Waals surface area contributed by atoms with Gasteiger partial charge in [-0.25, -0.2) is 4.79 Å². The summed E-state index contributed by atoms with van der Waals surface area (Å²) in [6.45, 7) is 0. The molecule has 0 aliphatic heterocycles. The fourth-order valence-electron chi connectivity index (χ4n) is 2.06. The maximum absolute atomic E-state index is 12.3. The quantitative estimate of drug-likeness (QED) is 0.655. The number of aromatic nitrogens is 2. The van der Waals surface area contributed by atoms with Crippen molar-refractivity contribution in [2.45, 2.75) is 0 Å². The van der Waals surface area contributed by atoms with E-state index in [4.69, 9.17) is 11.6 Å². The number of hydrogen-bond donors (Lipinski definition) is 2. The lowest BCUT2D eigenvalue weighted by Gasteiger charge is -2.03. The van der Waals surface area contributed by atoms with Gasteiger partial charge in [0.25, 0.3) is 5.56 Å². The molecule has 0 spiro atoms. The third kappa shape index (κ3) is 2.93. The van der Waals surface area contributed by atoms with Crippen molar-refractivity contribution in [2.75, 3.05) is 0 Å². The Morgan fingerprint density at radius 2 is 2.00 bits per heavy atom. The van der Waals surface area contributed by atoms with E-state index >= 15 is 0 Å². The van der Waals surface area contributed by atoms with E-state index in [0.29, 0.717) is 25.1 Å². The van der Waals surface area contributed by atoms with Gasteiger partial charge in [0.1, 0.15) is 5.75 Å². The Morgan fingerprint density at radius 3 is 2.78 bits per heavy atom. The first-order valence-electron chi connectivity index (χ1n) is 6.44. The van der Waals surface area contributed by atoms with Gasteiger partial charge in [0.05, 0.1) is 21.6 Å². The number of aromatic hydroxyl groups is 1. The van der Waals surface area contributed by atoms with Crippen LogP contribution in [0.25, 0.3) is 10.9 Å². The van der Waals surface area contributed by atoms with E-state index < -0.39 is 11.2 Å². The molecule has 0 fully saturated rings. The van der Waals surface area contributed by atoms with Crippen molar-refractivity contribution in [1.29, 1.82) is 0 Å². The minimum absolute atomic E-state index is 0.0941. The number of nitrogens with zero attached hydrogens (tertiary/aromatic N) is 2. The Hall–Kier alpha value is -2.38. The molecule has 0 radical (unpaired) electrons. The maximum Gasteiger partial charge on any atom is 0.349 e. The number of phenolic OH excluding ortho intramolecular Hbond substituents is 1. The average Bonchev–Trinajstić information content (AvgIpc) is 2.51. The molecule has 0 aliphatic rings. The van der Waals surface area contributed by atoms with E-state index in [0.717, 1.165) is 0 Å². The van der Waals surface area contributed by atoms with Gasteiger partial charge in [-0.1, -0.05) is 23.7 Å². The highest BCUT2D eigenvalue weighted by Gasteiger charge is 2.08. The summed E-state index contributed by atoms with van der Waals surface area (Å²) in [5, 5.41) is 14.5. The molecule has 2 N–H and O–H groups in total. The zero-order chi connectivity index (χ0) is 16.6. The van der Waals surface area contributed by atoms with Crippen LogP contribution in [0.1, 0.15) is 5.56 Å². The van der Waals surface area contributed by atoms with E-state index in [1.165, 1.54) is 18.3 Å². The summed E-state index contributed by atoms with van der Waals surface area (Å²) >= 11 is 9.06. The van der Waals surface area contributed by atoms with Crippen LogP contribution in [0.5, 0.6) is 5.75 Å². The number of hydrogen-bond acceptors (Lipinski definition) is 4. The predicted octanol–water partition coefficient (Wildman–Crippen LogP) is 2.69. The van der Waals surface area contributed by atoms with Crippen molar-refractivity contribution in [2.24, 2.45) is 5.10 Å². The number of H-pyrrole nitrogens is 1. The summed E-state index contributed by atoms with van der Waals surface area (Å²) < 4.78 is 1.07. The minimum Gasteiger partial charge on any atom is -0.506 e. The lowest BCUT2D eigenvalue weighted by molar-refractivity contribution is 0.471. The summed E-state index contributed by atoms with van der Waals surface area (Å²) in [5.41, 5.74) is -0.530. The van der Waals surface area contributed by atoms with Crippen LogP contribution in [0.3, 0.4) is 0 Å². The third-order valence-corrected chi connectivity index (χ3v) is 3.98. The van der Waals surface area contributed by atoms with Gasteiger partial charge >= 0.3 is 5.69 Å². The van der Waals surface area contributed by atoms with Crippen molar-refractivity contribution in [3.63, 3.8) is 0 Å². The summed E-state index contributed by atoms with van der Waals surface area (Å²) in [6, 6.07) is 9.61. The molecular formula is C15H9BrClN3O3. The molecule has 0 saturated heterocycles. The first kappa shape index (κ1) is 15.5. The highest BCUT2D eigenvalue weighted by atomic mass is 79.9. The van der Waals surface area contributed by atoms with Gasteiger partial charge in [-0.05, 0) is 40.2 Å². The van der Waals surface area contributed by atoms with Gasteiger partial charge in [0.2, 0.25) is 0 Å². The molecule has 116 valence electrons. The number of benzene rings is 2. The predicted molar refractivity (Wildman–Crippen MR) is 92.6 cm³/mol. The van der Waals surface area contributed by atoms with Crippen LogP contribution in [-0.2, 0) is 0 Å². The summed E-state index contributed by atoms with van der Waals surface area (Å²) in [5.74, 6) is -0.0941. The van der Waals surface area contributed by atoms with Gasteiger partial charge in [0, 0.05) is 10.6 Å². The fraction of sp³-hybridized carbons (Fsp3) is 0. The molecule has 0 atom stereocenters. The lowest BCUT2D eigenvalue weighted by atomic mass is 10.2. The summed E-state index contributed by atoms with van der Waals surface area (Å²) in [7, 11) is 0. The molecule has 2 aromatic carbocycles. The van der Waals surface area contributed by atoms with Crippen molar-refractivity contribution >= 4 is 44.6 Å². The molecule has 8 heteroatoms. The van der Waals surface area contributed by atoms with Crippen molar-refractivity contribution in [1.82, 2.24) is 9.66 Å². The topological polar surface area (TPSA) is 87.5 Å². The molecular weight excluding hydrogens is 386 g/mol. The van der Waals surface area contributed by atoms with E-state index in [1.54, 1.807) is 24.3 Å². The second-order valence-electron chi connectivity index (χ2n) is 4.66. The molecule has 6 nitrogen and oxygen atoms in total. The van der Waals surface area contributed by atoms with Crippen molar-refractivity contribution in [3.8, 4) is 5.75 Å². The molecule has 0 aliphatic carbocycles. The number of phenols is 1. The summed E-state index contributed by atoms with van der Waals surface area (Å²) in [4.78, 5) is 26.9. The Balaban J connectivity index is 2.16. The van der Waals surface area contributed by atoms with E-state index in [9.17, 15) is 14.7 Å². The molecule has 0 saturated carbocycles. The zero-order valence-electron chi connectivity index (χ0n) is 11.5. The monoisotopic (exact) mass is 393 g/mol. The highest BCUT2D eigenvalue weighted by molar-refractivity contribution is 9.10. The Morgan fingerprint density at radius 1 is 1.26 bits per heavy atom. The average molecular weight is 395 g/mol. The van der Waals surface area contributed by atoms with E-state index in [2.05, 4.69) is 26.0 Å². The Kier molecular flexibility index (Phi) is 4.06. The normalized spacial score (nSPS) is 11.4. The van der Waals surface area contributed by atoms with Gasteiger partial charge in [-0.15, -0.1) is 4.68 Å². The smallest absolute Gasteiger partial charge is 0.349 e. The molecule has 1 heterocycles. The van der Waals surface area contributed by atoms with Crippen LogP contribution >= 0.6 is 27.5 Å². The standard InChI is InChI=1S/C15H9BrClN3O3/c16-11-6-9(17)5-8(13(11)21)7-18-20-14(22)10-3-1-2-4-12(10)19-15(20)23/h1-7,21H,(H,19,23)/b18-7+. The molecule has 1 aromatic heterocycles.